The van der Waals surface area contributed by atoms with Crippen LogP contribution in [0.5, 0.6) is 0 Å². The molecule has 1 atom stereocenters. The molecule has 0 aromatic heterocycles. The molecule has 0 radical (unpaired) electrons. The Bertz CT molecular complexity index is 470. The molecule has 5 heteroatoms. The second-order valence-corrected chi connectivity index (χ2v) is 6.57. The van der Waals surface area contributed by atoms with Crippen LogP contribution < -0.4 is 4.72 Å². The summed E-state index contributed by atoms with van der Waals surface area (Å²) in [5.41, 5.74) is 0. The molecule has 0 bridgehead atoms. The van der Waals surface area contributed by atoms with E-state index in [9.17, 15) is 8.42 Å². The van der Waals surface area contributed by atoms with E-state index < -0.39 is 10.0 Å². The summed E-state index contributed by atoms with van der Waals surface area (Å²) in [6.45, 7) is 9.18. The van der Waals surface area contributed by atoms with E-state index in [2.05, 4.69) is 23.5 Å². The summed E-state index contributed by atoms with van der Waals surface area (Å²) >= 11 is 0. The standard InChI is InChI=1S/C15H26N2O2S/c1-4-14(12-13-17(5-2)6-3)16-20(18,19)15-10-8-7-9-11-15/h7-11,14,16H,4-6,12-13H2,1-3H3. The number of hydrogen-bond acceptors (Lipinski definition) is 3. The predicted octanol–water partition coefficient (Wildman–Crippen LogP) is 2.48. The minimum absolute atomic E-state index is 0.0131. The number of nitrogens with one attached hydrogen (secondary N) is 1. The van der Waals surface area contributed by atoms with Gasteiger partial charge in [0.05, 0.1) is 4.90 Å². The molecular formula is C15H26N2O2S. The van der Waals surface area contributed by atoms with Crippen LogP contribution in [-0.4, -0.2) is 39.0 Å². The van der Waals surface area contributed by atoms with Gasteiger partial charge in [0.15, 0.2) is 0 Å². The summed E-state index contributed by atoms with van der Waals surface area (Å²) in [6.07, 6.45) is 1.64. The van der Waals surface area contributed by atoms with Crippen LogP contribution in [0.1, 0.15) is 33.6 Å². The third-order valence-corrected chi connectivity index (χ3v) is 5.09. The van der Waals surface area contributed by atoms with E-state index in [0.717, 1.165) is 32.5 Å². The Morgan fingerprint density at radius 3 is 2.20 bits per heavy atom. The van der Waals surface area contributed by atoms with Gasteiger partial charge >= 0.3 is 0 Å². The van der Waals surface area contributed by atoms with Crippen molar-refractivity contribution >= 4 is 10.0 Å². The molecule has 0 heterocycles. The Labute approximate surface area is 123 Å². The Kier molecular flexibility index (Phi) is 7.19. The largest absolute Gasteiger partial charge is 0.304 e. The van der Waals surface area contributed by atoms with Gasteiger partial charge in [0.1, 0.15) is 0 Å². The van der Waals surface area contributed by atoms with Gasteiger partial charge in [0.2, 0.25) is 10.0 Å². The van der Waals surface area contributed by atoms with E-state index in [1.807, 2.05) is 13.0 Å². The molecule has 1 N–H and O–H groups in total. The minimum Gasteiger partial charge on any atom is -0.304 e. The van der Waals surface area contributed by atoms with E-state index in [1.165, 1.54) is 0 Å². The SMILES string of the molecule is CCC(CCN(CC)CC)NS(=O)(=O)c1ccccc1. The molecule has 0 aliphatic heterocycles. The van der Waals surface area contributed by atoms with Gasteiger partial charge in [-0.3, -0.25) is 0 Å². The summed E-state index contributed by atoms with van der Waals surface area (Å²) in [5, 5.41) is 0. The zero-order valence-corrected chi connectivity index (χ0v) is 13.5. The molecule has 0 fully saturated rings. The van der Waals surface area contributed by atoms with Gasteiger partial charge in [-0.05, 0) is 44.6 Å². The average molecular weight is 298 g/mol. The van der Waals surface area contributed by atoms with Crippen LogP contribution in [0.25, 0.3) is 0 Å². The molecule has 0 aliphatic carbocycles. The normalized spacial score (nSPS) is 13.6. The van der Waals surface area contributed by atoms with Gasteiger partial charge in [0.25, 0.3) is 0 Å². The monoisotopic (exact) mass is 298 g/mol. The van der Waals surface area contributed by atoms with Crippen molar-refractivity contribution in [1.29, 1.82) is 0 Å². The maximum Gasteiger partial charge on any atom is 0.240 e. The van der Waals surface area contributed by atoms with Crippen molar-refractivity contribution in [3.63, 3.8) is 0 Å². The van der Waals surface area contributed by atoms with E-state index in [4.69, 9.17) is 0 Å². The van der Waals surface area contributed by atoms with Crippen molar-refractivity contribution in [3.05, 3.63) is 30.3 Å². The van der Waals surface area contributed by atoms with Gasteiger partial charge < -0.3 is 4.90 Å². The van der Waals surface area contributed by atoms with Gasteiger partial charge in [-0.2, -0.15) is 0 Å². The lowest BCUT2D eigenvalue weighted by Crippen LogP contribution is -2.37. The zero-order valence-electron chi connectivity index (χ0n) is 12.7. The fourth-order valence-corrected chi connectivity index (χ4v) is 3.49. The summed E-state index contributed by atoms with van der Waals surface area (Å²) in [4.78, 5) is 2.64. The molecule has 1 rings (SSSR count). The van der Waals surface area contributed by atoms with Gasteiger partial charge in [-0.25, -0.2) is 13.1 Å². The van der Waals surface area contributed by atoms with Crippen LogP contribution in [0.3, 0.4) is 0 Å². The van der Waals surface area contributed by atoms with E-state index >= 15 is 0 Å². The molecule has 1 aromatic carbocycles. The number of rotatable bonds is 9. The Morgan fingerprint density at radius 2 is 1.70 bits per heavy atom. The van der Waals surface area contributed by atoms with Crippen LogP contribution >= 0.6 is 0 Å². The first kappa shape index (κ1) is 17.1. The zero-order chi connectivity index (χ0) is 15.0. The topological polar surface area (TPSA) is 49.4 Å². The first-order valence-electron chi connectivity index (χ1n) is 7.33. The lowest BCUT2D eigenvalue weighted by atomic mass is 10.1. The van der Waals surface area contributed by atoms with Crippen LogP contribution in [-0.2, 0) is 10.0 Å². The maximum absolute atomic E-state index is 12.3. The lowest BCUT2D eigenvalue weighted by molar-refractivity contribution is 0.285. The highest BCUT2D eigenvalue weighted by atomic mass is 32.2. The predicted molar refractivity (Wildman–Crippen MR) is 83.2 cm³/mol. The fourth-order valence-electron chi connectivity index (χ4n) is 2.11. The molecule has 1 aromatic rings. The second-order valence-electron chi connectivity index (χ2n) is 4.86. The Hall–Kier alpha value is -0.910. The van der Waals surface area contributed by atoms with Gasteiger partial charge in [0, 0.05) is 6.04 Å². The average Bonchev–Trinajstić information content (AvgIpc) is 2.47. The van der Waals surface area contributed by atoms with Crippen molar-refractivity contribution in [2.75, 3.05) is 19.6 Å². The van der Waals surface area contributed by atoms with Crippen LogP contribution in [0.4, 0.5) is 0 Å². The first-order chi connectivity index (χ1) is 9.53. The summed E-state index contributed by atoms with van der Waals surface area (Å²) in [7, 11) is -3.40. The minimum atomic E-state index is -3.40. The molecule has 0 amide bonds. The van der Waals surface area contributed by atoms with Gasteiger partial charge in [-0.15, -0.1) is 0 Å². The highest BCUT2D eigenvalue weighted by Gasteiger charge is 2.18. The van der Waals surface area contributed by atoms with Crippen molar-refractivity contribution in [2.24, 2.45) is 0 Å². The smallest absolute Gasteiger partial charge is 0.240 e. The molecule has 4 nitrogen and oxygen atoms in total. The lowest BCUT2D eigenvalue weighted by Gasteiger charge is -2.22. The fraction of sp³-hybridized carbons (Fsp3) is 0.600. The molecule has 0 saturated heterocycles. The molecule has 20 heavy (non-hydrogen) atoms. The van der Waals surface area contributed by atoms with E-state index in [0.29, 0.717) is 4.90 Å². The molecule has 0 spiro atoms. The van der Waals surface area contributed by atoms with E-state index in [1.54, 1.807) is 24.3 Å². The third-order valence-electron chi connectivity index (χ3n) is 3.56. The summed E-state index contributed by atoms with van der Waals surface area (Å²) in [5.74, 6) is 0. The number of hydrogen-bond donors (Lipinski definition) is 1. The number of sulfonamides is 1. The Balaban J connectivity index is 2.64. The van der Waals surface area contributed by atoms with Crippen LogP contribution in [0.2, 0.25) is 0 Å². The van der Waals surface area contributed by atoms with Crippen LogP contribution in [0.15, 0.2) is 35.2 Å². The third kappa shape index (κ3) is 5.23. The van der Waals surface area contributed by atoms with Crippen molar-refractivity contribution in [1.82, 2.24) is 9.62 Å². The molecule has 0 saturated carbocycles. The second kappa shape index (κ2) is 8.39. The number of nitrogens with zero attached hydrogens (tertiary/aromatic N) is 1. The molecule has 1 unspecified atom stereocenters. The van der Waals surface area contributed by atoms with E-state index in [-0.39, 0.29) is 6.04 Å². The Morgan fingerprint density at radius 1 is 1.10 bits per heavy atom. The van der Waals surface area contributed by atoms with Crippen LogP contribution in [0, 0.1) is 0 Å². The highest BCUT2D eigenvalue weighted by Crippen LogP contribution is 2.10. The summed E-state index contributed by atoms with van der Waals surface area (Å²) < 4.78 is 27.3. The van der Waals surface area contributed by atoms with Crippen molar-refractivity contribution in [3.8, 4) is 0 Å². The summed E-state index contributed by atoms with van der Waals surface area (Å²) in [6, 6.07) is 8.53. The molecule has 114 valence electrons. The van der Waals surface area contributed by atoms with Gasteiger partial charge in [-0.1, -0.05) is 39.0 Å². The highest BCUT2D eigenvalue weighted by molar-refractivity contribution is 7.89. The number of benzene rings is 1. The molecule has 0 aliphatic rings. The first-order valence-corrected chi connectivity index (χ1v) is 8.81. The molecular weight excluding hydrogens is 272 g/mol. The van der Waals surface area contributed by atoms with Crippen molar-refractivity contribution < 1.29 is 8.42 Å². The maximum atomic E-state index is 12.3. The quantitative estimate of drug-likeness (QED) is 0.762. The van der Waals surface area contributed by atoms with Crippen molar-refractivity contribution in [2.45, 2.75) is 44.6 Å².